The summed E-state index contributed by atoms with van der Waals surface area (Å²) in [5, 5.41) is 3.29. The van der Waals surface area contributed by atoms with Crippen LogP contribution in [0.3, 0.4) is 0 Å². The van der Waals surface area contributed by atoms with Crippen LogP contribution in [0, 0.1) is 6.92 Å². The zero-order valence-corrected chi connectivity index (χ0v) is 12.4. The van der Waals surface area contributed by atoms with Crippen molar-refractivity contribution in [3.8, 4) is 0 Å². The van der Waals surface area contributed by atoms with Gasteiger partial charge in [-0.2, -0.15) is 0 Å². The van der Waals surface area contributed by atoms with E-state index in [1.807, 2.05) is 30.0 Å². The predicted octanol–water partition coefficient (Wildman–Crippen LogP) is 1.57. The number of nitrogens with zero attached hydrogens (tertiary/aromatic N) is 1. The van der Waals surface area contributed by atoms with Crippen molar-refractivity contribution in [3.63, 3.8) is 0 Å². The number of amides is 1. The molecule has 19 heavy (non-hydrogen) atoms. The third-order valence-electron chi connectivity index (χ3n) is 3.87. The average molecular weight is 325 g/mol. The Labute approximate surface area is 121 Å². The molecule has 2 atom stereocenters. The normalized spacial score (nSPS) is 26.3. The Morgan fingerprint density at radius 1 is 1.47 bits per heavy atom. The van der Waals surface area contributed by atoms with Crippen LogP contribution in [-0.4, -0.2) is 49.2 Å². The number of hydrogen-bond acceptors (Lipinski definition) is 3. The second-order valence-electron chi connectivity index (χ2n) is 5.10. The fourth-order valence-electron chi connectivity index (χ4n) is 2.73. The topological polar surface area (TPSA) is 41.6 Å². The molecule has 102 valence electrons. The molecule has 4 nitrogen and oxygen atoms in total. The number of aryl methyl sites for hydroxylation is 1. The highest BCUT2D eigenvalue weighted by Gasteiger charge is 2.38. The van der Waals surface area contributed by atoms with Crippen molar-refractivity contribution in [1.29, 1.82) is 0 Å². The summed E-state index contributed by atoms with van der Waals surface area (Å²) < 4.78 is 6.67. The Balaban J connectivity index is 1.84. The van der Waals surface area contributed by atoms with Crippen LogP contribution in [0.2, 0.25) is 0 Å². The fourth-order valence-corrected chi connectivity index (χ4v) is 3.11. The summed E-state index contributed by atoms with van der Waals surface area (Å²) in [6.45, 7) is 4.98. The van der Waals surface area contributed by atoms with E-state index in [1.165, 1.54) is 0 Å². The monoisotopic (exact) mass is 324 g/mol. The Bertz CT molecular complexity index is 506. The molecule has 0 unspecified atom stereocenters. The summed E-state index contributed by atoms with van der Waals surface area (Å²) in [6.07, 6.45) is 0.145. The number of hydrogen-bond donors (Lipinski definition) is 1. The van der Waals surface area contributed by atoms with Crippen LogP contribution >= 0.6 is 15.9 Å². The molecule has 0 bridgehead atoms. The standard InChI is InChI=1S/C14H17BrN2O2/c1-9-2-3-10(6-11(9)15)14(18)17-4-5-19-13-8-16-7-12(13)17/h2-3,6,12-13,16H,4-5,7-8H2,1H3/t12-,13+/m1/s1. The molecule has 0 radical (unpaired) electrons. The van der Waals surface area contributed by atoms with Crippen molar-refractivity contribution in [3.05, 3.63) is 33.8 Å². The predicted molar refractivity (Wildman–Crippen MR) is 76.3 cm³/mol. The molecule has 2 saturated heterocycles. The van der Waals surface area contributed by atoms with Gasteiger partial charge in [0.2, 0.25) is 0 Å². The second kappa shape index (κ2) is 5.23. The molecule has 0 spiro atoms. The number of rotatable bonds is 1. The first-order chi connectivity index (χ1) is 9.16. The van der Waals surface area contributed by atoms with E-state index in [9.17, 15) is 4.79 Å². The van der Waals surface area contributed by atoms with Gasteiger partial charge in [0, 0.05) is 29.7 Å². The van der Waals surface area contributed by atoms with Crippen LogP contribution in [0.4, 0.5) is 0 Å². The number of benzene rings is 1. The Morgan fingerprint density at radius 2 is 2.32 bits per heavy atom. The maximum absolute atomic E-state index is 12.6. The van der Waals surface area contributed by atoms with Crippen LogP contribution in [0.25, 0.3) is 0 Å². The SMILES string of the molecule is Cc1ccc(C(=O)N2CCO[C@H]3CNC[C@H]32)cc1Br. The fraction of sp³-hybridized carbons (Fsp3) is 0.500. The maximum Gasteiger partial charge on any atom is 0.254 e. The van der Waals surface area contributed by atoms with Gasteiger partial charge in [-0.1, -0.05) is 22.0 Å². The van der Waals surface area contributed by atoms with Gasteiger partial charge in [-0.05, 0) is 24.6 Å². The molecule has 5 heteroatoms. The lowest BCUT2D eigenvalue weighted by Gasteiger charge is -2.37. The third-order valence-corrected chi connectivity index (χ3v) is 4.73. The number of carbonyl (C=O) groups is 1. The van der Waals surface area contributed by atoms with Gasteiger partial charge in [0.1, 0.15) is 0 Å². The summed E-state index contributed by atoms with van der Waals surface area (Å²) in [7, 11) is 0. The molecule has 0 saturated carbocycles. The Kier molecular flexibility index (Phi) is 3.60. The van der Waals surface area contributed by atoms with E-state index in [2.05, 4.69) is 21.2 Å². The van der Waals surface area contributed by atoms with Crippen LogP contribution < -0.4 is 5.32 Å². The Morgan fingerprint density at radius 3 is 3.11 bits per heavy atom. The molecule has 0 aromatic heterocycles. The molecule has 2 fully saturated rings. The zero-order valence-electron chi connectivity index (χ0n) is 10.9. The molecular weight excluding hydrogens is 308 g/mol. The van der Waals surface area contributed by atoms with Gasteiger partial charge in [0.05, 0.1) is 18.8 Å². The summed E-state index contributed by atoms with van der Waals surface area (Å²) >= 11 is 3.49. The largest absolute Gasteiger partial charge is 0.373 e. The molecule has 1 N–H and O–H groups in total. The minimum absolute atomic E-state index is 0.0997. The zero-order chi connectivity index (χ0) is 13.4. The number of fused-ring (bicyclic) bond motifs is 1. The minimum Gasteiger partial charge on any atom is -0.373 e. The van der Waals surface area contributed by atoms with Crippen molar-refractivity contribution in [1.82, 2.24) is 10.2 Å². The van der Waals surface area contributed by atoms with Gasteiger partial charge in [0.15, 0.2) is 0 Å². The molecule has 2 aliphatic heterocycles. The molecule has 0 aliphatic carbocycles. The van der Waals surface area contributed by atoms with Gasteiger partial charge >= 0.3 is 0 Å². The summed E-state index contributed by atoms with van der Waals surface area (Å²) in [4.78, 5) is 14.6. The smallest absolute Gasteiger partial charge is 0.254 e. The van der Waals surface area contributed by atoms with Crippen molar-refractivity contribution < 1.29 is 9.53 Å². The van der Waals surface area contributed by atoms with Gasteiger partial charge in [-0.25, -0.2) is 0 Å². The molecule has 3 rings (SSSR count). The summed E-state index contributed by atoms with van der Waals surface area (Å²) in [6, 6.07) is 5.95. The van der Waals surface area contributed by atoms with Crippen LogP contribution in [0.15, 0.2) is 22.7 Å². The van der Waals surface area contributed by atoms with Gasteiger partial charge in [-0.15, -0.1) is 0 Å². The lowest BCUT2D eigenvalue weighted by molar-refractivity contribution is -0.0364. The van der Waals surface area contributed by atoms with E-state index in [0.717, 1.165) is 28.7 Å². The van der Waals surface area contributed by atoms with Gasteiger partial charge < -0.3 is 15.0 Å². The van der Waals surface area contributed by atoms with Crippen molar-refractivity contribution in [2.45, 2.75) is 19.1 Å². The average Bonchev–Trinajstić information content (AvgIpc) is 2.89. The van der Waals surface area contributed by atoms with Gasteiger partial charge in [-0.3, -0.25) is 4.79 Å². The van der Waals surface area contributed by atoms with E-state index in [4.69, 9.17) is 4.74 Å². The van der Waals surface area contributed by atoms with E-state index >= 15 is 0 Å². The second-order valence-corrected chi connectivity index (χ2v) is 5.95. The number of halogens is 1. The van der Waals surface area contributed by atoms with E-state index in [-0.39, 0.29) is 18.1 Å². The van der Waals surface area contributed by atoms with Crippen molar-refractivity contribution in [2.24, 2.45) is 0 Å². The lowest BCUT2D eigenvalue weighted by Crippen LogP contribution is -2.53. The molecule has 2 aliphatic rings. The number of morpholine rings is 1. The number of ether oxygens (including phenoxy) is 1. The van der Waals surface area contributed by atoms with Crippen molar-refractivity contribution >= 4 is 21.8 Å². The van der Waals surface area contributed by atoms with Gasteiger partial charge in [0.25, 0.3) is 5.91 Å². The van der Waals surface area contributed by atoms with E-state index in [0.29, 0.717) is 13.2 Å². The van der Waals surface area contributed by atoms with Crippen LogP contribution in [-0.2, 0) is 4.74 Å². The molecule has 2 heterocycles. The highest BCUT2D eigenvalue weighted by Crippen LogP contribution is 2.23. The first kappa shape index (κ1) is 13.1. The maximum atomic E-state index is 12.6. The van der Waals surface area contributed by atoms with Crippen molar-refractivity contribution in [2.75, 3.05) is 26.2 Å². The number of nitrogens with one attached hydrogen (secondary N) is 1. The molecular formula is C14H17BrN2O2. The van der Waals surface area contributed by atoms with Crippen LogP contribution in [0.1, 0.15) is 15.9 Å². The Hall–Kier alpha value is -0.910. The molecule has 1 amide bonds. The highest BCUT2D eigenvalue weighted by molar-refractivity contribution is 9.10. The first-order valence-corrected chi connectivity index (χ1v) is 7.35. The molecule has 1 aromatic carbocycles. The van der Waals surface area contributed by atoms with Crippen LogP contribution in [0.5, 0.6) is 0 Å². The summed E-state index contributed by atoms with van der Waals surface area (Å²) in [5.41, 5.74) is 1.88. The van der Waals surface area contributed by atoms with E-state index in [1.54, 1.807) is 0 Å². The van der Waals surface area contributed by atoms with E-state index < -0.39 is 0 Å². The first-order valence-electron chi connectivity index (χ1n) is 6.56. The third kappa shape index (κ3) is 2.42. The summed E-state index contributed by atoms with van der Waals surface area (Å²) in [5.74, 6) is 0.0997. The minimum atomic E-state index is 0.0997. The highest BCUT2D eigenvalue weighted by atomic mass is 79.9. The quantitative estimate of drug-likeness (QED) is 0.852. The lowest BCUT2D eigenvalue weighted by atomic mass is 10.1. The number of carbonyl (C=O) groups excluding carboxylic acids is 1. The molecule has 1 aromatic rings.